The Balaban J connectivity index is 2.03. The summed E-state index contributed by atoms with van der Waals surface area (Å²) in [5.41, 5.74) is 0. The van der Waals surface area contributed by atoms with Gasteiger partial charge in [0.2, 0.25) is 5.91 Å². The zero-order valence-corrected chi connectivity index (χ0v) is 10.4. The molecule has 0 spiro atoms. The van der Waals surface area contributed by atoms with Crippen LogP contribution in [-0.4, -0.2) is 48.1 Å². The number of aliphatic carboxylic acids is 1. The van der Waals surface area contributed by atoms with E-state index in [0.29, 0.717) is 6.42 Å². The van der Waals surface area contributed by atoms with Gasteiger partial charge in [-0.15, -0.1) is 0 Å². The minimum absolute atomic E-state index is 0.169. The van der Waals surface area contributed by atoms with Gasteiger partial charge in [0.05, 0.1) is 0 Å². The maximum atomic E-state index is 11.2. The molecule has 17 heavy (non-hydrogen) atoms. The van der Waals surface area contributed by atoms with Crippen LogP contribution < -0.4 is 5.32 Å². The normalized spacial score (nSPS) is 17.9. The van der Waals surface area contributed by atoms with Crippen LogP contribution in [0, 0.1) is 5.92 Å². The number of piperidine rings is 1. The fourth-order valence-corrected chi connectivity index (χ4v) is 2.01. The van der Waals surface area contributed by atoms with Gasteiger partial charge in [0.1, 0.15) is 6.54 Å². The SMILES string of the molecule is CC1CCN(CCCC(=O)NCC(=O)O)CC1. The van der Waals surface area contributed by atoms with Crippen molar-refractivity contribution in [2.45, 2.75) is 32.6 Å². The molecule has 5 heteroatoms. The number of carboxylic acid groups (broad SMARTS) is 1. The Kier molecular flexibility index (Phi) is 5.97. The molecule has 0 atom stereocenters. The first-order chi connectivity index (χ1) is 8.08. The zero-order valence-electron chi connectivity index (χ0n) is 10.4. The average molecular weight is 242 g/mol. The number of nitrogens with one attached hydrogen (secondary N) is 1. The third-order valence-electron chi connectivity index (χ3n) is 3.19. The smallest absolute Gasteiger partial charge is 0.322 e. The summed E-state index contributed by atoms with van der Waals surface area (Å²) in [5, 5.41) is 10.8. The summed E-state index contributed by atoms with van der Waals surface area (Å²) >= 11 is 0. The summed E-state index contributed by atoms with van der Waals surface area (Å²) in [7, 11) is 0. The molecular weight excluding hydrogens is 220 g/mol. The van der Waals surface area contributed by atoms with E-state index in [-0.39, 0.29) is 12.5 Å². The molecule has 0 saturated carbocycles. The van der Waals surface area contributed by atoms with Crippen LogP contribution in [0.15, 0.2) is 0 Å². The van der Waals surface area contributed by atoms with Gasteiger partial charge in [-0.25, -0.2) is 0 Å². The van der Waals surface area contributed by atoms with Crippen molar-refractivity contribution in [2.24, 2.45) is 5.92 Å². The molecule has 1 aliphatic rings. The van der Waals surface area contributed by atoms with Crippen molar-refractivity contribution in [1.29, 1.82) is 0 Å². The van der Waals surface area contributed by atoms with E-state index in [4.69, 9.17) is 5.11 Å². The number of nitrogens with zero attached hydrogens (tertiary/aromatic N) is 1. The molecule has 0 aromatic carbocycles. The van der Waals surface area contributed by atoms with E-state index >= 15 is 0 Å². The molecule has 0 aromatic rings. The largest absolute Gasteiger partial charge is 0.480 e. The molecule has 0 bridgehead atoms. The lowest BCUT2D eigenvalue weighted by Crippen LogP contribution is -2.34. The monoisotopic (exact) mass is 242 g/mol. The van der Waals surface area contributed by atoms with Crippen LogP contribution in [0.1, 0.15) is 32.6 Å². The number of hydrogen-bond acceptors (Lipinski definition) is 3. The number of carboxylic acids is 1. The van der Waals surface area contributed by atoms with Gasteiger partial charge in [0.15, 0.2) is 0 Å². The molecule has 0 aliphatic carbocycles. The molecule has 1 saturated heterocycles. The number of carbonyl (C=O) groups is 2. The fourth-order valence-electron chi connectivity index (χ4n) is 2.01. The van der Waals surface area contributed by atoms with Crippen molar-refractivity contribution in [3.05, 3.63) is 0 Å². The Morgan fingerprint density at radius 3 is 2.59 bits per heavy atom. The van der Waals surface area contributed by atoms with Crippen molar-refractivity contribution < 1.29 is 14.7 Å². The van der Waals surface area contributed by atoms with Gasteiger partial charge in [-0.2, -0.15) is 0 Å². The maximum Gasteiger partial charge on any atom is 0.322 e. The first-order valence-corrected chi connectivity index (χ1v) is 6.29. The van der Waals surface area contributed by atoms with Crippen LogP contribution in [0.2, 0.25) is 0 Å². The van der Waals surface area contributed by atoms with E-state index in [9.17, 15) is 9.59 Å². The number of rotatable bonds is 6. The second-order valence-corrected chi connectivity index (χ2v) is 4.80. The highest BCUT2D eigenvalue weighted by Gasteiger charge is 2.15. The second-order valence-electron chi connectivity index (χ2n) is 4.80. The van der Waals surface area contributed by atoms with Crippen LogP contribution in [0.3, 0.4) is 0 Å². The highest BCUT2D eigenvalue weighted by atomic mass is 16.4. The highest BCUT2D eigenvalue weighted by Crippen LogP contribution is 2.15. The van der Waals surface area contributed by atoms with Crippen LogP contribution in [0.5, 0.6) is 0 Å². The molecule has 1 amide bonds. The van der Waals surface area contributed by atoms with Crippen LogP contribution in [-0.2, 0) is 9.59 Å². The lowest BCUT2D eigenvalue weighted by atomic mass is 9.99. The van der Waals surface area contributed by atoms with Gasteiger partial charge >= 0.3 is 5.97 Å². The lowest BCUT2D eigenvalue weighted by molar-refractivity contribution is -0.137. The molecule has 0 aromatic heterocycles. The Morgan fingerprint density at radius 2 is 2.00 bits per heavy atom. The third-order valence-corrected chi connectivity index (χ3v) is 3.19. The van der Waals surface area contributed by atoms with Crippen molar-refractivity contribution in [2.75, 3.05) is 26.2 Å². The van der Waals surface area contributed by atoms with Crippen LogP contribution in [0.4, 0.5) is 0 Å². The first kappa shape index (κ1) is 14.0. The third kappa shape index (κ3) is 6.26. The zero-order chi connectivity index (χ0) is 12.7. The highest BCUT2D eigenvalue weighted by molar-refractivity contribution is 5.80. The molecular formula is C12H22N2O3. The summed E-state index contributed by atoms with van der Waals surface area (Å²) in [6.45, 7) is 5.18. The number of carbonyl (C=O) groups excluding carboxylic acids is 1. The Morgan fingerprint density at radius 1 is 1.35 bits per heavy atom. The van der Waals surface area contributed by atoms with E-state index in [0.717, 1.165) is 32.0 Å². The summed E-state index contributed by atoms with van der Waals surface area (Å²) < 4.78 is 0. The Bertz CT molecular complexity index is 260. The standard InChI is InChI=1S/C12H22N2O3/c1-10-4-7-14(8-5-10)6-2-3-11(15)13-9-12(16)17/h10H,2-9H2,1H3,(H,13,15)(H,16,17). The van der Waals surface area contributed by atoms with Crippen molar-refractivity contribution in [1.82, 2.24) is 10.2 Å². The average Bonchev–Trinajstić information content (AvgIpc) is 2.29. The minimum atomic E-state index is -0.997. The predicted molar refractivity (Wildman–Crippen MR) is 64.7 cm³/mol. The molecule has 0 unspecified atom stereocenters. The molecule has 5 nitrogen and oxygen atoms in total. The summed E-state index contributed by atoms with van der Waals surface area (Å²) in [4.78, 5) is 23.9. The second kappa shape index (κ2) is 7.27. The molecule has 2 N–H and O–H groups in total. The Labute approximate surface area is 102 Å². The van der Waals surface area contributed by atoms with Gasteiger partial charge in [0.25, 0.3) is 0 Å². The molecule has 1 fully saturated rings. The molecule has 1 heterocycles. The molecule has 98 valence electrons. The summed E-state index contributed by atoms with van der Waals surface area (Å²) in [5.74, 6) is -0.341. The van der Waals surface area contributed by atoms with Gasteiger partial charge < -0.3 is 15.3 Å². The Hall–Kier alpha value is -1.10. The summed E-state index contributed by atoms with van der Waals surface area (Å²) in [6.07, 6.45) is 3.70. The fraction of sp³-hybridized carbons (Fsp3) is 0.833. The van der Waals surface area contributed by atoms with Crippen LogP contribution >= 0.6 is 0 Å². The van der Waals surface area contributed by atoms with Gasteiger partial charge in [-0.1, -0.05) is 6.92 Å². The van der Waals surface area contributed by atoms with Crippen molar-refractivity contribution in [3.8, 4) is 0 Å². The van der Waals surface area contributed by atoms with Gasteiger partial charge in [-0.05, 0) is 44.8 Å². The van der Waals surface area contributed by atoms with Gasteiger partial charge in [-0.3, -0.25) is 9.59 Å². The molecule has 0 radical (unpaired) electrons. The maximum absolute atomic E-state index is 11.2. The first-order valence-electron chi connectivity index (χ1n) is 6.29. The predicted octanol–water partition coefficient (Wildman–Crippen LogP) is 0.699. The van der Waals surface area contributed by atoms with E-state index < -0.39 is 5.97 Å². The van der Waals surface area contributed by atoms with E-state index in [2.05, 4.69) is 17.1 Å². The molecule has 1 rings (SSSR count). The van der Waals surface area contributed by atoms with E-state index in [1.807, 2.05) is 0 Å². The van der Waals surface area contributed by atoms with E-state index in [1.54, 1.807) is 0 Å². The minimum Gasteiger partial charge on any atom is -0.480 e. The molecule has 1 aliphatic heterocycles. The van der Waals surface area contributed by atoms with Crippen molar-refractivity contribution in [3.63, 3.8) is 0 Å². The number of hydrogen-bond donors (Lipinski definition) is 2. The van der Waals surface area contributed by atoms with Crippen LogP contribution in [0.25, 0.3) is 0 Å². The van der Waals surface area contributed by atoms with Gasteiger partial charge in [0, 0.05) is 6.42 Å². The summed E-state index contributed by atoms with van der Waals surface area (Å²) in [6, 6.07) is 0. The topological polar surface area (TPSA) is 69.6 Å². The quantitative estimate of drug-likeness (QED) is 0.719. The number of likely N-dealkylation sites (tertiary alicyclic amines) is 1. The lowest BCUT2D eigenvalue weighted by Gasteiger charge is -2.29. The number of amides is 1. The van der Waals surface area contributed by atoms with E-state index in [1.165, 1.54) is 12.8 Å². The van der Waals surface area contributed by atoms with Crippen molar-refractivity contribution >= 4 is 11.9 Å².